The maximum Gasteiger partial charge on any atom is 0.410 e. The van der Waals surface area contributed by atoms with E-state index >= 15 is 0 Å². The fourth-order valence-electron chi connectivity index (χ4n) is 3.78. The van der Waals surface area contributed by atoms with Crippen molar-refractivity contribution in [3.05, 3.63) is 17.5 Å². The first kappa shape index (κ1) is 21.0. The molecule has 0 radical (unpaired) electrons. The second-order valence-electron chi connectivity index (χ2n) is 9.85. The van der Waals surface area contributed by atoms with Gasteiger partial charge >= 0.3 is 6.09 Å². The van der Waals surface area contributed by atoms with Gasteiger partial charge in [-0.05, 0) is 54.4 Å². The van der Waals surface area contributed by atoms with Crippen LogP contribution in [0.3, 0.4) is 0 Å². The lowest BCUT2D eigenvalue weighted by Gasteiger charge is -2.40. The Balaban J connectivity index is 1.86. The summed E-state index contributed by atoms with van der Waals surface area (Å²) in [4.78, 5) is 14.2. The normalized spacial score (nSPS) is 21.8. The zero-order valence-corrected chi connectivity index (χ0v) is 18.9. The summed E-state index contributed by atoms with van der Waals surface area (Å²) in [5.41, 5.74) is 2.34. The number of aryl methyl sites for hydroxylation is 1. The highest BCUT2D eigenvalue weighted by Gasteiger charge is 2.48. The van der Waals surface area contributed by atoms with E-state index in [1.165, 1.54) is 0 Å². The minimum Gasteiger partial charge on any atom is -0.444 e. The van der Waals surface area contributed by atoms with Gasteiger partial charge in [-0.3, -0.25) is 4.68 Å². The standard InChI is InChI=1S/C20H32N4O3S/c1-18(2,3)27-17(25)24-10-8-20(9-11-24)12-15-14(13-21-23(15)7)16(20)22-28(26)19(4,5)6/h13H,8-12H2,1-7H3/b22-16+/t28-/m1/s1. The van der Waals surface area contributed by atoms with Crippen LogP contribution in [0.15, 0.2) is 10.6 Å². The third-order valence-corrected chi connectivity index (χ3v) is 6.79. The lowest BCUT2D eigenvalue weighted by Crippen LogP contribution is -2.47. The summed E-state index contributed by atoms with van der Waals surface area (Å²) in [6, 6.07) is 0. The van der Waals surface area contributed by atoms with Gasteiger partial charge in [-0.1, -0.05) is 0 Å². The van der Waals surface area contributed by atoms with Gasteiger partial charge in [0.2, 0.25) is 0 Å². The number of carbonyl (C=O) groups excluding carboxylic acids is 1. The summed E-state index contributed by atoms with van der Waals surface area (Å²) in [5.74, 6) is 0. The highest BCUT2D eigenvalue weighted by molar-refractivity contribution is 7.85. The minimum absolute atomic E-state index is 0.190. The van der Waals surface area contributed by atoms with E-state index < -0.39 is 21.3 Å². The number of carbonyl (C=O) groups is 1. The third kappa shape index (κ3) is 4.02. The van der Waals surface area contributed by atoms with Gasteiger partial charge in [-0.25, -0.2) is 9.00 Å². The smallest absolute Gasteiger partial charge is 0.410 e. The first-order valence-corrected chi connectivity index (χ1v) is 10.9. The lowest BCUT2D eigenvalue weighted by atomic mass is 9.75. The second kappa shape index (κ2) is 6.97. The summed E-state index contributed by atoms with van der Waals surface area (Å²) < 4.78 is 24.5. The first-order chi connectivity index (χ1) is 12.8. The van der Waals surface area contributed by atoms with Crippen molar-refractivity contribution in [3.63, 3.8) is 0 Å². The maximum absolute atomic E-state index is 12.8. The van der Waals surface area contributed by atoms with Crippen LogP contribution in [-0.2, 0) is 29.2 Å². The fraction of sp³-hybridized carbons (Fsp3) is 0.750. The monoisotopic (exact) mass is 408 g/mol. The molecule has 2 aliphatic rings. The number of piperidine rings is 1. The summed E-state index contributed by atoms with van der Waals surface area (Å²) in [6.45, 7) is 12.7. The highest BCUT2D eigenvalue weighted by atomic mass is 32.2. The Morgan fingerprint density at radius 3 is 2.36 bits per heavy atom. The van der Waals surface area contributed by atoms with Gasteiger partial charge in [0.05, 0.1) is 16.7 Å². The van der Waals surface area contributed by atoms with Crippen molar-refractivity contribution in [2.45, 2.75) is 71.2 Å². The summed E-state index contributed by atoms with van der Waals surface area (Å²) in [6.07, 6.45) is 3.95. The number of hydrogen-bond acceptors (Lipinski definition) is 4. The number of fused-ring (bicyclic) bond motifs is 1. The fourth-order valence-corrected chi connectivity index (χ4v) is 4.52. The van der Waals surface area contributed by atoms with Gasteiger partial charge in [0.25, 0.3) is 0 Å². The number of nitrogens with zero attached hydrogens (tertiary/aromatic N) is 4. The van der Waals surface area contributed by atoms with Crippen molar-refractivity contribution >= 4 is 22.8 Å². The molecular formula is C20H32N4O3S. The zero-order chi connectivity index (χ0) is 20.9. The number of likely N-dealkylation sites (tertiary alicyclic amines) is 1. The molecule has 1 saturated heterocycles. The molecule has 1 aromatic heterocycles. The molecule has 0 saturated carbocycles. The Hall–Kier alpha value is -1.70. The van der Waals surface area contributed by atoms with E-state index in [1.54, 1.807) is 4.90 Å². The Kier molecular flexibility index (Phi) is 5.23. The predicted molar refractivity (Wildman–Crippen MR) is 111 cm³/mol. The number of aromatic nitrogens is 2. The van der Waals surface area contributed by atoms with Crippen molar-refractivity contribution < 1.29 is 13.7 Å². The van der Waals surface area contributed by atoms with Crippen molar-refractivity contribution in [2.75, 3.05) is 13.1 Å². The molecule has 3 rings (SSSR count). The van der Waals surface area contributed by atoms with Gasteiger partial charge < -0.3 is 9.64 Å². The van der Waals surface area contributed by atoms with E-state index in [0.717, 1.165) is 36.2 Å². The highest BCUT2D eigenvalue weighted by Crippen LogP contribution is 2.45. The van der Waals surface area contributed by atoms with E-state index in [9.17, 15) is 9.00 Å². The Morgan fingerprint density at radius 1 is 1.21 bits per heavy atom. The van der Waals surface area contributed by atoms with Crippen molar-refractivity contribution in [1.82, 2.24) is 14.7 Å². The van der Waals surface area contributed by atoms with Crippen LogP contribution in [0.1, 0.15) is 65.6 Å². The average Bonchev–Trinajstić information content (AvgIpc) is 3.04. The molecule has 7 nitrogen and oxygen atoms in total. The largest absolute Gasteiger partial charge is 0.444 e. The van der Waals surface area contributed by atoms with Crippen LogP contribution in [0.2, 0.25) is 0 Å². The van der Waals surface area contributed by atoms with Crippen molar-refractivity contribution in [2.24, 2.45) is 16.9 Å². The molecule has 1 aliphatic heterocycles. The molecule has 1 amide bonds. The summed E-state index contributed by atoms with van der Waals surface area (Å²) >= 11 is 0. The molecule has 156 valence electrons. The average molecular weight is 409 g/mol. The van der Waals surface area contributed by atoms with Crippen LogP contribution in [0, 0.1) is 5.41 Å². The third-order valence-electron chi connectivity index (χ3n) is 5.40. The van der Waals surface area contributed by atoms with Gasteiger partial charge in [-0.15, -0.1) is 0 Å². The Labute approximate surface area is 170 Å². The lowest BCUT2D eigenvalue weighted by molar-refractivity contribution is 0.0158. The molecule has 1 fully saturated rings. The van der Waals surface area contributed by atoms with Crippen LogP contribution in [-0.4, -0.2) is 54.1 Å². The number of hydrogen-bond donors (Lipinski definition) is 0. The predicted octanol–water partition coefficient (Wildman–Crippen LogP) is 3.24. The molecule has 0 unspecified atom stereocenters. The van der Waals surface area contributed by atoms with Crippen molar-refractivity contribution in [1.29, 1.82) is 0 Å². The first-order valence-electron chi connectivity index (χ1n) is 9.83. The van der Waals surface area contributed by atoms with Crippen LogP contribution in [0.5, 0.6) is 0 Å². The molecule has 0 N–H and O–H groups in total. The molecule has 2 heterocycles. The molecule has 0 bridgehead atoms. The SMILES string of the molecule is Cn1ncc2c1CC1(CCN(C(=O)OC(C)(C)C)CC1)/C2=N/[S@](=O)C(C)(C)C. The molecule has 1 aliphatic carbocycles. The van der Waals surface area contributed by atoms with Crippen LogP contribution >= 0.6 is 0 Å². The van der Waals surface area contributed by atoms with Crippen LogP contribution in [0.4, 0.5) is 4.79 Å². The quantitative estimate of drug-likeness (QED) is 0.715. The van der Waals surface area contributed by atoms with Crippen LogP contribution < -0.4 is 0 Å². The van der Waals surface area contributed by atoms with Gasteiger partial charge in [-0.2, -0.15) is 9.50 Å². The van der Waals surface area contributed by atoms with E-state index in [2.05, 4.69) is 5.10 Å². The molecule has 1 aromatic rings. The summed E-state index contributed by atoms with van der Waals surface area (Å²) in [7, 11) is 0.598. The molecule has 28 heavy (non-hydrogen) atoms. The molecule has 1 spiro atoms. The second-order valence-corrected chi connectivity index (χ2v) is 11.8. The number of ether oxygens (including phenoxy) is 1. The molecular weight excluding hydrogens is 376 g/mol. The zero-order valence-electron chi connectivity index (χ0n) is 18.0. The van der Waals surface area contributed by atoms with Gasteiger partial charge in [0.15, 0.2) is 0 Å². The minimum atomic E-state index is -1.34. The Bertz CT molecular complexity index is 821. The van der Waals surface area contributed by atoms with Gasteiger partial charge in [0.1, 0.15) is 16.6 Å². The number of rotatable bonds is 1. The molecule has 8 heteroatoms. The molecule has 0 aromatic carbocycles. The Morgan fingerprint density at radius 2 is 1.82 bits per heavy atom. The van der Waals surface area contributed by atoms with E-state index in [-0.39, 0.29) is 11.5 Å². The summed E-state index contributed by atoms with van der Waals surface area (Å²) in [5, 5.41) is 4.37. The number of amides is 1. The van der Waals surface area contributed by atoms with Gasteiger partial charge in [0, 0.05) is 43.2 Å². The van der Waals surface area contributed by atoms with E-state index in [1.807, 2.05) is 59.5 Å². The van der Waals surface area contributed by atoms with E-state index in [4.69, 9.17) is 9.13 Å². The topological polar surface area (TPSA) is 76.8 Å². The van der Waals surface area contributed by atoms with Crippen molar-refractivity contribution in [3.8, 4) is 0 Å². The van der Waals surface area contributed by atoms with Crippen LogP contribution in [0.25, 0.3) is 0 Å². The van der Waals surface area contributed by atoms with E-state index in [0.29, 0.717) is 13.1 Å². The maximum atomic E-state index is 12.8. The molecule has 1 atom stereocenters.